The predicted octanol–water partition coefficient (Wildman–Crippen LogP) is 4.66. The van der Waals surface area contributed by atoms with Gasteiger partial charge in [0.15, 0.2) is 0 Å². The monoisotopic (exact) mass is 254 g/mol. The smallest absolute Gasteiger partial charge is 0.166 e. The second-order valence-corrected chi connectivity index (χ2v) is 4.11. The van der Waals surface area contributed by atoms with E-state index in [0.717, 1.165) is 6.07 Å². The van der Waals surface area contributed by atoms with Crippen LogP contribution in [-0.2, 0) is 6.18 Å². The van der Waals surface area contributed by atoms with Crippen molar-refractivity contribution in [1.29, 1.82) is 0 Å². The van der Waals surface area contributed by atoms with E-state index in [1.165, 1.54) is 6.07 Å². The largest absolute Gasteiger partial charge is 0.417 e. The van der Waals surface area contributed by atoms with Crippen molar-refractivity contribution in [2.75, 3.05) is 0 Å². The average Bonchev–Trinajstić information content (AvgIpc) is 2.29. The molecular formula is C13H9F3S. The minimum atomic E-state index is -4.37. The fourth-order valence-corrected chi connectivity index (χ4v) is 1.84. The maximum atomic E-state index is 12.9. The standard InChI is InChI=1S/C13H9F3S/c14-13(15,16)12-8-10(17)6-7-11(12)9-4-2-1-3-5-9/h1-8,17H. The molecule has 0 unspecified atom stereocenters. The van der Waals surface area contributed by atoms with Gasteiger partial charge in [-0.25, -0.2) is 0 Å². The third-order valence-electron chi connectivity index (χ3n) is 2.39. The van der Waals surface area contributed by atoms with Gasteiger partial charge in [-0.1, -0.05) is 36.4 Å². The topological polar surface area (TPSA) is 0 Å². The zero-order chi connectivity index (χ0) is 12.5. The lowest BCUT2D eigenvalue weighted by Crippen LogP contribution is -2.07. The average molecular weight is 254 g/mol. The van der Waals surface area contributed by atoms with Crippen molar-refractivity contribution in [1.82, 2.24) is 0 Å². The van der Waals surface area contributed by atoms with Gasteiger partial charge in [0.1, 0.15) is 0 Å². The van der Waals surface area contributed by atoms with Gasteiger partial charge >= 0.3 is 6.18 Å². The Morgan fingerprint density at radius 2 is 1.53 bits per heavy atom. The van der Waals surface area contributed by atoms with Crippen LogP contribution in [0.3, 0.4) is 0 Å². The molecule has 0 heterocycles. The molecule has 88 valence electrons. The molecule has 2 rings (SSSR count). The van der Waals surface area contributed by atoms with Crippen molar-refractivity contribution in [3.63, 3.8) is 0 Å². The Kier molecular flexibility index (Phi) is 3.15. The minimum Gasteiger partial charge on any atom is -0.166 e. The van der Waals surface area contributed by atoms with Gasteiger partial charge in [0.25, 0.3) is 0 Å². The van der Waals surface area contributed by atoms with Crippen LogP contribution in [0.15, 0.2) is 53.4 Å². The lowest BCUT2D eigenvalue weighted by molar-refractivity contribution is -0.137. The van der Waals surface area contributed by atoms with E-state index < -0.39 is 11.7 Å². The van der Waals surface area contributed by atoms with E-state index in [4.69, 9.17) is 0 Å². The second kappa shape index (κ2) is 4.45. The second-order valence-electron chi connectivity index (χ2n) is 3.59. The van der Waals surface area contributed by atoms with Crippen LogP contribution in [0.2, 0.25) is 0 Å². The molecule has 0 radical (unpaired) electrons. The molecule has 2 aromatic rings. The quantitative estimate of drug-likeness (QED) is 0.703. The molecule has 2 aromatic carbocycles. The number of hydrogen-bond acceptors (Lipinski definition) is 1. The first kappa shape index (κ1) is 12.0. The molecule has 4 heteroatoms. The summed E-state index contributed by atoms with van der Waals surface area (Å²) in [5.74, 6) is 0. The number of benzene rings is 2. The molecule has 17 heavy (non-hydrogen) atoms. The normalized spacial score (nSPS) is 11.5. The zero-order valence-corrected chi connectivity index (χ0v) is 9.59. The Morgan fingerprint density at radius 3 is 2.12 bits per heavy atom. The number of alkyl halides is 3. The third-order valence-corrected chi connectivity index (χ3v) is 2.67. The van der Waals surface area contributed by atoms with Crippen molar-refractivity contribution in [2.45, 2.75) is 11.1 Å². The SMILES string of the molecule is FC(F)(F)c1cc(S)ccc1-c1ccccc1. The Morgan fingerprint density at radius 1 is 0.882 bits per heavy atom. The van der Waals surface area contributed by atoms with E-state index >= 15 is 0 Å². The molecule has 0 aliphatic rings. The number of thiol groups is 1. The maximum absolute atomic E-state index is 12.9. The van der Waals surface area contributed by atoms with Crippen molar-refractivity contribution in [3.8, 4) is 11.1 Å². The zero-order valence-electron chi connectivity index (χ0n) is 8.70. The minimum absolute atomic E-state index is 0.177. The number of hydrogen-bond donors (Lipinski definition) is 1. The molecule has 0 aliphatic carbocycles. The highest BCUT2D eigenvalue weighted by atomic mass is 32.1. The first-order valence-corrected chi connectivity index (χ1v) is 5.39. The van der Waals surface area contributed by atoms with Gasteiger partial charge in [0.05, 0.1) is 5.56 Å². The van der Waals surface area contributed by atoms with Crippen LogP contribution in [0.5, 0.6) is 0 Å². The Labute approximate surface area is 103 Å². The fraction of sp³-hybridized carbons (Fsp3) is 0.0769. The molecular weight excluding hydrogens is 245 g/mol. The van der Waals surface area contributed by atoms with Gasteiger partial charge < -0.3 is 0 Å². The van der Waals surface area contributed by atoms with Crippen molar-refractivity contribution in [3.05, 3.63) is 54.1 Å². The summed E-state index contributed by atoms with van der Waals surface area (Å²) in [5, 5.41) is 0. The van der Waals surface area contributed by atoms with Crippen LogP contribution in [-0.4, -0.2) is 0 Å². The van der Waals surface area contributed by atoms with E-state index in [0.29, 0.717) is 10.5 Å². The summed E-state index contributed by atoms with van der Waals surface area (Å²) in [4.78, 5) is 0.303. The molecule has 0 bridgehead atoms. The van der Waals surface area contributed by atoms with Crippen molar-refractivity contribution >= 4 is 12.6 Å². The van der Waals surface area contributed by atoms with E-state index in [2.05, 4.69) is 12.6 Å². The molecule has 0 saturated heterocycles. The summed E-state index contributed by atoms with van der Waals surface area (Å²) < 4.78 is 38.6. The molecule has 0 spiro atoms. The highest BCUT2D eigenvalue weighted by molar-refractivity contribution is 7.80. The Bertz CT molecular complexity index is 518. The Balaban J connectivity index is 2.63. The summed E-state index contributed by atoms with van der Waals surface area (Å²) in [6.45, 7) is 0. The Hall–Kier alpha value is -1.42. The number of rotatable bonds is 1. The van der Waals surface area contributed by atoms with Gasteiger partial charge in [0, 0.05) is 4.90 Å². The third kappa shape index (κ3) is 2.64. The van der Waals surface area contributed by atoms with Crippen LogP contribution in [0.25, 0.3) is 11.1 Å². The van der Waals surface area contributed by atoms with E-state index in [1.807, 2.05) is 0 Å². The first-order valence-electron chi connectivity index (χ1n) is 4.94. The highest BCUT2D eigenvalue weighted by Gasteiger charge is 2.33. The molecule has 0 aliphatic heterocycles. The predicted molar refractivity (Wildman–Crippen MR) is 64.1 cm³/mol. The van der Waals surface area contributed by atoms with Gasteiger partial charge in [-0.15, -0.1) is 12.6 Å². The van der Waals surface area contributed by atoms with E-state index in [9.17, 15) is 13.2 Å². The van der Waals surface area contributed by atoms with Crippen LogP contribution in [0, 0.1) is 0 Å². The summed E-state index contributed by atoms with van der Waals surface area (Å²) in [7, 11) is 0. The summed E-state index contributed by atoms with van der Waals surface area (Å²) in [6.07, 6.45) is -4.37. The van der Waals surface area contributed by atoms with Crippen LogP contribution in [0.1, 0.15) is 5.56 Å². The fourth-order valence-electron chi connectivity index (χ4n) is 1.64. The van der Waals surface area contributed by atoms with Gasteiger partial charge in [-0.3, -0.25) is 0 Å². The molecule has 0 N–H and O–H groups in total. The summed E-state index contributed by atoms with van der Waals surface area (Å²) >= 11 is 3.95. The molecule has 0 saturated carbocycles. The van der Waals surface area contributed by atoms with E-state index in [-0.39, 0.29) is 5.56 Å². The van der Waals surface area contributed by atoms with Crippen molar-refractivity contribution < 1.29 is 13.2 Å². The molecule has 0 amide bonds. The van der Waals surface area contributed by atoms with Gasteiger partial charge in [0.2, 0.25) is 0 Å². The molecule has 0 aromatic heterocycles. The van der Waals surface area contributed by atoms with Crippen LogP contribution < -0.4 is 0 Å². The van der Waals surface area contributed by atoms with Crippen molar-refractivity contribution in [2.24, 2.45) is 0 Å². The number of halogens is 3. The lowest BCUT2D eigenvalue weighted by atomic mass is 9.99. The molecule has 0 atom stereocenters. The summed E-state index contributed by atoms with van der Waals surface area (Å²) in [6, 6.07) is 12.6. The highest BCUT2D eigenvalue weighted by Crippen LogP contribution is 2.38. The summed E-state index contributed by atoms with van der Waals surface area (Å²) in [5.41, 5.74) is 0.0697. The lowest BCUT2D eigenvalue weighted by Gasteiger charge is -2.13. The molecule has 0 nitrogen and oxygen atoms in total. The first-order chi connectivity index (χ1) is 7.98. The van der Waals surface area contributed by atoms with Gasteiger partial charge in [-0.2, -0.15) is 13.2 Å². The van der Waals surface area contributed by atoms with Crippen LogP contribution >= 0.6 is 12.6 Å². The van der Waals surface area contributed by atoms with E-state index in [1.54, 1.807) is 36.4 Å². The maximum Gasteiger partial charge on any atom is 0.417 e. The molecule has 0 fully saturated rings. The van der Waals surface area contributed by atoms with Gasteiger partial charge in [-0.05, 0) is 23.3 Å². The van der Waals surface area contributed by atoms with Crippen LogP contribution in [0.4, 0.5) is 13.2 Å².